The number of ether oxygens (including phenoxy) is 2. The van der Waals surface area contributed by atoms with E-state index in [0.29, 0.717) is 17.2 Å². The molecule has 7 heteroatoms. The molecule has 0 radical (unpaired) electrons. The summed E-state index contributed by atoms with van der Waals surface area (Å²) in [6, 6.07) is 3.36. The number of carboxylic acids is 1. The van der Waals surface area contributed by atoms with Crippen molar-refractivity contribution >= 4 is 17.7 Å². The number of methoxy groups -OCH3 is 2. The molecule has 0 aromatic heterocycles. The number of aliphatic carboxylic acids is 1. The maximum atomic E-state index is 11.8. The number of rotatable bonds is 6. The van der Waals surface area contributed by atoms with Crippen molar-refractivity contribution in [3.63, 3.8) is 0 Å². The highest BCUT2D eigenvalue weighted by molar-refractivity contribution is 5.93. The first-order chi connectivity index (χ1) is 9.51. The molecular weight excluding hydrogens is 264 g/mol. The van der Waals surface area contributed by atoms with Crippen LogP contribution < -0.4 is 20.1 Å². The van der Waals surface area contributed by atoms with Crippen molar-refractivity contribution in [2.75, 3.05) is 19.5 Å². The summed E-state index contributed by atoms with van der Waals surface area (Å²) in [6.07, 6.45) is 0.290. The Labute approximate surface area is 116 Å². The van der Waals surface area contributed by atoms with Gasteiger partial charge in [0.15, 0.2) is 0 Å². The number of benzene rings is 1. The molecule has 0 saturated carbocycles. The van der Waals surface area contributed by atoms with Crippen LogP contribution in [-0.2, 0) is 4.79 Å². The normalized spacial score (nSPS) is 11.3. The molecule has 0 saturated heterocycles. The van der Waals surface area contributed by atoms with Gasteiger partial charge in [0.1, 0.15) is 17.5 Å². The van der Waals surface area contributed by atoms with Gasteiger partial charge in [-0.25, -0.2) is 9.59 Å². The van der Waals surface area contributed by atoms with Gasteiger partial charge in [0, 0.05) is 6.07 Å². The van der Waals surface area contributed by atoms with Crippen LogP contribution in [0.25, 0.3) is 0 Å². The lowest BCUT2D eigenvalue weighted by atomic mass is 10.2. The van der Waals surface area contributed by atoms with Crippen LogP contribution in [0, 0.1) is 0 Å². The van der Waals surface area contributed by atoms with Gasteiger partial charge < -0.3 is 25.2 Å². The van der Waals surface area contributed by atoms with Crippen LogP contribution in [0.4, 0.5) is 10.5 Å². The molecule has 0 heterocycles. The van der Waals surface area contributed by atoms with Gasteiger partial charge in [-0.15, -0.1) is 0 Å². The number of urea groups is 1. The van der Waals surface area contributed by atoms with Crippen LogP contribution >= 0.6 is 0 Å². The zero-order valence-electron chi connectivity index (χ0n) is 11.6. The van der Waals surface area contributed by atoms with Crippen LogP contribution in [-0.4, -0.2) is 37.4 Å². The Bertz CT molecular complexity index is 490. The fourth-order valence-electron chi connectivity index (χ4n) is 1.57. The highest BCUT2D eigenvalue weighted by atomic mass is 16.5. The van der Waals surface area contributed by atoms with E-state index >= 15 is 0 Å². The summed E-state index contributed by atoms with van der Waals surface area (Å²) in [7, 11) is 2.97. The number of carboxylic acid groups (broad SMARTS) is 1. The van der Waals surface area contributed by atoms with Crippen molar-refractivity contribution < 1.29 is 24.2 Å². The summed E-state index contributed by atoms with van der Waals surface area (Å²) in [5, 5.41) is 13.8. The van der Waals surface area contributed by atoms with E-state index in [0.717, 1.165) is 0 Å². The maximum absolute atomic E-state index is 11.8. The third kappa shape index (κ3) is 4.04. The number of hydrogen-bond donors (Lipinski definition) is 3. The predicted octanol–water partition coefficient (Wildman–Crippen LogP) is 1.69. The van der Waals surface area contributed by atoms with Crippen molar-refractivity contribution in [3.05, 3.63) is 18.2 Å². The minimum Gasteiger partial charge on any atom is -0.497 e. The Hall–Kier alpha value is -2.44. The van der Waals surface area contributed by atoms with Crippen LogP contribution in [0.5, 0.6) is 11.5 Å². The highest BCUT2D eigenvalue weighted by Crippen LogP contribution is 2.28. The zero-order chi connectivity index (χ0) is 15.1. The second-order valence-corrected chi connectivity index (χ2v) is 3.96. The Morgan fingerprint density at radius 2 is 2.00 bits per heavy atom. The Kier molecular flexibility index (Phi) is 5.64. The number of carbonyl (C=O) groups excluding carboxylic acids is 1. The molecule has 7 nitrogen and oxygen atoms in total. The third-order valence-corrected chi connectivity index (χ3v) is 2.67. The summed E-state index contributed by atoms with van der Waals surface area (Å²) in [4.78, 5) is 22.6. The van der Waals surface area contributed by atoms with E-state index in [2.05, 4.69) is 10.6 Å². The van der Waals surface area contributed by atoms with E-state index in [1.807, 2.05) is 0 Å². The van der Waals surface area contributed by atoms with Gasteiger partial charge in [0.05, 0.1) is 19.9 Å². The molecule has 0 aliphatic rings. The number of nitrogens with one attached hydrogen (secondary N) is 2. The minimum absolute atomic E-state index is 0.290. The second-order valence-electron chi connectivity index (χ2n) is 3.96. The maximum Gasteiger partial charge on any atom is 0.326 e. The monoisotopic (exact) mass is 282 g/mol. The topological polar surface area (TPSA) is 96.9 Å². The van der Waals surface area contributed by atoms with Gasteiger partial charge in [-0.2, -0.15) is 0 Å². The molecule has 0 aliphatic heterocycles. The fraction of sp³-hybridized carbons (Fsp3) is 0.385. The summed E-state index contributed by atoms with van der Waals surface area (Å²) in [5.41, 5.74) is 0.393. The molecule has 0 spiro atoms. The predicted molar refractivity (Wildman–Crippen MR) is 73.4 cm³/mol. The van der Waals surface area contributed by atoms with Crippen LogP contribution in [0.3, 0.4) is 0 Å². The van der Waals surface area contributed by atoms with Crippen molar-refractivity contribution in [1.29, 1.82) is 0 Å². The lowest BCUT2D eigenvalue weighted by Gasteiger charge is -2.15. The van der Waals surface area contributed by atoms with Crippen molar-refractivity contribution in [1.82, 2.24) is 5.32 Å². The largest absolute Gasteiger partial charge is 0.497 e. The lowest BCUT2D eigenvalue weighted by Crippen LogP contribution is -2.42. The van der Waals surface area contributed by atoms with Crippen LogP contribution in [0.2, 0.25) is 0 Å². The highest BCUT2D eigenvalue weighted by Gasteiger charge is 2.18. The standard InChI is InChI=1S/C13H18N2O5/c1-4-9(12(16)17)14-13(18)15-10-7-8(19-2)5-6-11(10)20-3/h5-7,9H,4H2,1-3H3,(H,16,17)(H2,14,15,18)/t9-/m1/s1. The Balaban J connectivity index is 2.81. The minimum atomic E-state index is -1.08. The molecule has 3 N–H and O–H groups in total. The van der Waals surface area contributed by atoms with Gasteiger partial charge in [-0.1, -0.05) is 6.92 Å². The quantitative estimate of drug-likeness (QED) is 0.737. The van der Waals surface area contributed by atoms with E-state index in [-0.39, 0.29) is 6.42 Å². The molecule has 110 valence electrons. The average Bonchev–Trinajstić information content (AvgIpc) is 2.44. The first-order valence-corrected chi connectivity index (χ1v) is 6.04. The molecule has 20 heavy (non-hydrogen) atoms. The first-order valence-electron chi connectivity index (χ1n) is 6.04. The molecule has 1 rings (SSSR count). The molecule has 1 aromatic rings. The third-order valence-electron chi connectivity index (χ3n) is 2.67. The smallest absolute Gasteiger partial charge is 0.326 e. The van der Waals surface area contributed by atoms with Gasteiger partial charge in [0.25, 0.3) is 0 Å². The molecule has 1 aromatic carbocycles. The fourth-order valence-corrected chi connectivity index (χ4v) is 1.57. The van der Waals surface area contributed by atoms with Crippen molar-refractivity contribution in [2.45, 2.75) is 19.4 Å². The van der Waals surface area contributed by atoms with E-state index < -0.39 is 18.0 Å². The van der Waals surface area contributed by atoms with Crippen molar-refractivity contribution in [2.24, 2.45) is 0 Å². The molecule has 0 bridgehead atoms. The number of amides is 2. The van der Waals surface area contributed by atoms with E-state index in [1.54, 1.807) is 25.1 Å². The summed E-state index contributed by atoms with van der Waals surface area (Å²) in [5.74, 6) is -0.0871. The molecule has 0 fully saturated rings. The molecule has 0 aliphatic carbocycles. The van der Waals surface area contributed by atoms with Gasteiger partial charge in [0.2, 0.25) is 0 Å². The van der Waals surface area contributed by atoms with Gasteiger partial charge >= 0.3 is 12.0 Å². The number of anilines is 1. The molecule has 0 unspecified atom stereocenters. The van der Waals surface area contributed by atoms with Crippen molar-refractivity contribution in [3.8, 4) is 11.5 Å². The lowest BCUT2D eigenvalue weighted by molar-refractivity contribution is -0.139. The Morgan fingerprint density at radius 1 is 1.30 bits per heavy atom. The molecular formula is C13H18N2O5. The van der Waals surface area contributed by atoms with E-state index in [4.69, 9.17) is 14.6 Å². The second kappa shape index (κ2) is 7.22. The summed E-state index contributed by atoms with van der Waals surface area (Å²) >= 11 is 0. The first kappa shape index (κ1) is 15.6. The number of carbonyl (C=O) groups is 2. The molecule has 2 amide bonds. The van der Waals surface area contributed by atoms with E-state index in [9.17, 15) is 9.59 Å². The zero-order valence-corrected chi connectivity index (χ0v) is 11.6. The summed E-state index contributed by atoms with van der Waals surface area (Å²) < 4.78 is 10.2. The average molecular weight is 282 g/mol. The van der Waals surface area contributed by atoms with Crippen LogP contribution in [0.1, 0.15) is 13.3 Å². The SMILES string of the molecule is CC[C@@H](NC(=O)Nc1cc(OC)ccc1OC)C(=O)O. The molecule has 1 atom stereocenters. The Morgan fingerprint density at radius 3 is 2.50 bits per heavy atom. The summed E-state index contributed by atoms with van der Waals surface area (Å²) in [6.45, 7) is 1.67. The van der Waals surface area contributed by atoms with E-state index in [1.165, 1.54) is 14.2 Å². The van der Waals surface area contributed by atoms with Crippen LogP contribution in [0.15, 0.2) is 18.2 Å². The van der Waals surface area contributed by atoms with Gasteiger partial charge in [-0.05, 0) is 18.6 Å². The van der Waals surface area contributed by atoms with Gasteiger partial charge in [-0.3, -0.25) is 0 Å². The number of hydrogen-bond acceptors (Lipinski definition) is 4.